The Labute approximate surface area is 66.7 Å². The van der Waals surface area contributed by atoms with Crippen molar-refractivity contribution in [2.75, 3.05) is 0 Å². The standard InChI is InChI=1S/C8H18OS/c1-6-7(2)10(9)8(3,4)5/h7H,6H2,1-5H3. The monoisotopic (exact) mass is 162 g/mol. The fourth-order valence-corrected chi connectivity index (χ4v) is 2.26. The first-order valence-electron chi connectivity index (χ1n) is 3.80. The van der Waals surface area contributed by atoms with E-state index in [9.17, 15) is 4.21 Å². The van der Waals surface area contributed by atoms with Crippen LogP contribution in [0.2, 0.25) is 0 Å². The highest BCUT2D eigenvalue weighted by Crippen LogP contribution is 2.17. The van der Waals surface area contributed by atoms with E-state index in [-0.39, 0.29) is 4.75 Å². The van der Waals surface area contributed by atoms with Crippen molar-refractivity contribution in [3.63, 3.8) is 0 Å². The van der Waals surface area contributed by atoms with Gasteiger partial charge >= 0.3 is 0 Å². The molecule has 0 amide bonds. The Bertz CT molecular complexity index is 124. The van der Waals surface area contributed by atoms with Crippen LogP contribution < -0.4 is 0 Å². The van der Waals surface area contributed by atoms with Crippen LogP contribution in [0, 0.1) is 0 Å². The van der Waals surface area contributed by atoms with Crippen LogP contribution in [0.1, 0.15) is 41.0 Å². The van der Waals surface area contributed by atoms with Crippen LogP contribution in [-0.2, 0) is 10.8 Å². The second-order valence-corrected chi connectivity index (χ2v) is 6.25. The molecule has 0 fully saturated rings. The molecular weight excluding hydrogens is 144 g/mol. The molecule has 1 nitrogen and oxygen atoms in total. The van der Waals surface area contributed by atoms with Crippen LogP contribution in [0.5, 0.6) is 0 Å². The molecule has 0 saturated carbocycles. The molecule has 2 atom stereocenters. The minimum Gasteiger partial charge on any atom is -0.259 e. The Balaban J connectivity index is 4.09. The zero-order valence-electron chi connectivity index (χ0n) is 7.60. The third-order valence-electron chi connectivity index (χ3n) is 1.54. The summed E-state index contributed by atoms with van der Waals surface area (Å²) in [5, 5.41) is 0.333. The maximum absolute atomic E-state index is 11.5. The molecule has 0 aliphatic rings. The van der Waals surface area contributed by atoms with Crippen LogP contribution in [0.4, 0.5) is 0 Å². The third kappa shape index (κ3) is 2.82. The summed E-state index contributed by atoms with van der Waals surface area (Å²) < 4.78 is 11.5. The Kier molecular flexibility index (Phi) is 3.57. The Morgan fingerprint density at radius 3 is 1.90 bits per heavy atom. The minimum atomic E-state index is -0.682. The van der Waals surface area contributed by atoms with E-state index < -0.39 is 10.8 Å². The molecule has 0 radical (unpaired) electrons. The maximum atomic E-state index is 11.5. The van der Waals surface area contributed by atoms with Gasteiger partial charge in [-0.05, 0) is 27.2 Å². The average Bonchev–Trinajstić information content (AvgIpc) is 1.83. The molecule has 0 heterocycles. The van der Waals surface area contributed by atoms with Gasteiger partial charge in [-0.3, -0.25) is 4.21 Å². The average molecular weight is 162 g/mol. The van der Waals surface area contributed by atoms with E-state index in [4.69, 9.17) is 0 Å². The van der Waals surface area contributed by atoms with Crippen molar-refractivity contribution in [2.24, 2.45) is 0 Å². The van der Waals surface area contributed by atoms with Crippen molar-refractivity contribution in [1.29, 1.82) is 0 Å². The molecule has 10 heavy (non-hydrogen) atoms. The van der Waals surface area contributed by atoms with Gasteiger partial charge in [-0.15, -0.1) is 0 Å². The lowest BCUT2D eigenvalue weighted by atomic mass is 10.3. The number of hydrogen-bond acceptors (Lipinski definition) is 1. The molecule has 2 unspecified atom stereocenters. The minimum absolute atomic E-state index is 0.0462. The summed E-state index contributed by atoms with van der Waals surface area (Å²) in [6, 6.07) is 0. The first-order valence-corrected chi connectivity index (χ1v) is 5.01. The van der Waals surface area contributed by atoms with Crippen molar-refractivity contribution in [3.05, 3.63) is 0 Å². The van der Waals surface area contributed by atoms with Gasteiger partial charge in [-0.2, -0.15) is 0 Å². The summed E-state index contributed by atoms with van der Waals surface area (Å²) in [4.78, 5) is 0. The van der Waals surface area contributed by atoms with Gasteiger partial charge in [0.05, 0.1) is 0 Å². The Morgan fingerprint density at radius 1 is 1.40 bits per heavy atom. The summed E-state index contributed by atoms with van der Waals surface area (Å²) in [5.74, 6) is 0. The topological polar surface area (TPSA) is 17.1 Å². The molecule has 0 bridgehead atoms. The summed E-state index contributed by atoms with van der Waals surface area (Å²) in [6.45, 7) is 10.2. The molecule has 62 valence electrons. The number of rotatable bonds is 2. The highest BCUT2D eigenvalue weighted by atomic mass is 32.2. The highest BCUT2D eigenvalue weighted by molar-refractivity contribution is 7.87. The second-order valence-electron chi connectivity index (χ2n) is 3.63. The molecule has 0 spiro atoms. The van der Waals surface area contributed by atoms with E-state index in [1.54, 1.807) is 0 Å². The zero-order chi connectivity index (χ0) is 8.36. The van der Waals surface area contributed by atoms with Gasteiger partial charge in [-0.25, -0.2) is 0 Å². The van der Waals surface area contributed by atoms with Gasteiger partial charge in [0.25, 0.3) is 0 Å². The lowest BCUT2D eigenvalue weighted by molar-refractivity contribution is 0.634. The normalized spacial score (nSPS) is 18.5. The molecule has 0 aliphatic heterocycles. The summed E-state index contributed by atoms with van der Waals surface area (Å²) in [7, 11) is -0.682. The summed E-state index contributed by atoms with van der Waals surface area (Å²) >= 11 is 0. The molecule has 0 aromatic rings. The first-order chi connectivity index (χ1) is 4.39. The molecular formula is C8H18OS. The van der Waals surface area contributed by atoms with E-state index in [2.05, 4.69) is 6.92 Å². The lowest BCUT2D eigenvalue weighted by Crippen LogP contribution is -2.29. The molecule has 0 rings (SSSR count). The van der Waals surface area contributed by atoms with Crippen LogP contribution in [0.25, 0.3) is 0 Å². The molecule has 0 aromatic carbocycles. The van der Waals surface area contributed by atoms with Crippen LogP contribution >= 0.6 is 0 Å². The quantitative estimate of drug-likeness (QED) is 0.609. The molecule has 0 aliphatic carbocycles. The maximum Gasteiger partial charge on any atom is 0.0377 e. The van der Waals surface area contributed by atoms with Crippen LogP contribution in [-0.4, -0.2) is 14.2 Å². The van der Waals surface area contributed by atoms with Crippen LogP contribution in [0.3, 0.4) is 0 Å². The van der Waals surface area contributed by atoms with Crippen molar-refractivity contribution in [1.82, 2.24) is 0 Å². The predicted molar refractivity (Wildman–Crippen MR) is 47.6 cm³/mol. The molecule has 0 N–H and O–H groups in total. The van der Waals surface area contributed by atoms with Gasteiger partial charge in [0.2, 0.25) is 0 Å². The molecule has 0 aromatic heterocycles. The smallest absolute Gasteiger partial charge is 0.0377 e. The molecule has 0 saturated heterocycles. The SMILES string of the molecule is CCC(C)S(=O)C(C)(C)C. The lowest BCUT2D eigenvalue weighted by Gasteiger charge is -2.21. The molecule has 2 heteroatoms. The third-order valence-corrected chi connectivity index (χ3v) is 3.82. The summed E-state index contributed by atoms with van der Waals surface area (Å²) in [5.41, 5.74) is 0. The van der Waals surface area contributed by atoms with Crippen molar-refractivity contribution < 1.29 is 4.21 Å². The Hall–Kier alpha value is 0.150. The van der Waals surface area contributed by atoms with Gasteiger partial charge in [0.1, 0.15) is 0 Å². The fourth-order valence-electron chi connectivity index (χ4n) is 0.755. The van der Waals surface area contributed by atoms with Crippen molar-refractivity contribution in [3.8, 4) is 0 Å². The van der Waals surface area contributed by atoms with Gasteiger partial charge < -0.3 is 0 Å². The van der Waals surface area contributed by atoms with Crippen molar-refractivity contribution in [2.45, 2.75) is 51.0 Å². The Morgan fingerprint density at radius 2 is 1.80 bits per heavy atom. The summed E-state index contributed by atoms with van der Waals surface area (Å²) in [6.07, 6.45) is 1.00. The zero-order valence-corrected chi connectivity index (χ0v) is 8.42. The first kappa shape index (κ1) is 10.2. The van der Waals surface area contributed by atoms with Crippen LogP contribution in [0.15, 0.2) is 0 Å². The van der Waals surface area contributed by atoms with E-state index in [0.717, 1.165) is 6.42 Å². The predicted octanol–water partition coefficient (Wildman–Crippen LogP) is 2.33. The second kappa shape index (κ2) is 3.51. The van der Waals surface area contributed by atoms with Gasteiger partial charge in [0.15, 0.2) is 0 Å². The van der Waals surface area contributed by atoms with Gasteiger partial charge in [-0.1, -0.05) is 13.8 Å². The van der Waals surface area contributed by atoms with E-state index in [1.807, 2.05) is 27.7 Å². The largest absolute Gasteiger partial charge is 0.259 e. The number of hydrogen-bond donors (Lipinski definition) is 0. The van der Waals surface area contributed by atoms with E-state index in [1.165, 1.54) is 0 Å². The van der Waals surface area contributed by atoms with E-state index >= 15 is 0 Å². The van der Waals surface area contributed by atoms with Crippen molar-refractivity contribution >= 4 is 10.8 Å². The highest BCUT2D eigenvalue weighted by Gasteiger charge is 2.23. The van der Waals surface area contributed by atoms with E-state index in [0.29, 0.717) is 5.25 Å². The fraction of sp³-hybridized carbons (Fsp3) is 1.00. The van der Waals surface area contributed by atoms with Gasteiger partial charge in [0, 0.05) is 20.8 Å².